The minimum absolute atomic E-state index is 0.182. The summed E-state index contributed by atoms with van der Waals surface area (Å²) in [6, 6.07) is 2.48. The zero-order valence-electron chi connectivity index (χ0n) is 7.80. The Labute approximate surface area is 81.5 Å². The molecule has 1 aromatic heterocycles. The topological polar surface area (TPSA) is 85.4 Å². The third kappa shape index (κ3) is 2.51. The number of methoxy groups -OCH3 is 1. The number of carboxylic acids is 1. The lowest BCUT2D eigenvalue weighted by molar-refractivity contribution is 0.0696. The molecule has 3 N–H and O–H groups in total. The molecule has 1 aromatic rings. The molecule has 1 heterocycles. The fourth-order valence-corrected chi connectivity index (χ4v) is 1.05. The van der Waals surface area contributed by atoms with Crippen molar-refractivity contribution in [2.75, 3.05) is 13.7 Å². The molecule has 0 spiro atoms. The Hall–Kier alpha value is -1.46. The van der Waals surface area contributed by atoms with Gasteiger partial charge in [0, 0.05) is 13.3 Å². The molecule has 0 aliphatic heterocycles. The molecule has 1 unspecified atom stereocenters. The van der Waals surface area contributed by atoms with Gasteiger partial charge >= 0.3 is 5.97 Å². The van der Waals surface area contributed by atoms with E-state index in [0.717, 1.165) is 0 Å². The number of nitrogens with zero attached hydrogens (tertiary/aromatic N) is 1. The zero-order valence-corrected chi connectivity index (χ0v) is 7.80. The van der Waals surface area contributed by atoms with E-state index in [4.69, 9.17) is 15.6 Å². The van der Waals surface area contributed by atoms with E-state index in [1.807, 2.05) is 0 Å². The van der Waals surface area contributed by atoms with Crippen molar-refractivity contribution < 1.29 is 14.6 Å². The van der Waals surface area contributed by atoms with E-state index in [2.05, 4.69) is 4.98 Å². The van der Waals surface area contributed by atoms with Gasteiger partial charge in [0.25, 0.3) is 0 Å². The maximum absolute atomic E-state index is 10.6. The first-order valence-corrected chi connectivity index (χ1v) is 4.09. The van der Waals surface area contributed by atoms with Crippen molar-refractivity contribution in [1.82, 2.24) is 4.98 Å². The quantitative estimate of drug-likeness (QED) is 0.729. The van der Waals surface area contributed by atoms with E-state index in [1.54, 1.807) is 0 Å². The van der Waals surface area contributed by atoms with Crippen LogP contribution >= 0.6 is 0 Å². The molecule has 0 bridgehead atoms. The number of aromatic nitrogens is 1. The molecule has 0 aliphatic carbocycles. The van der Waals surface area contributed by atoms with Gasteiger partial charge in [-0.1, -0.05) is 0 Å². The van der Waals surface area contributed by atoms with Crippen molar-refractivity contribution in [2.45, 2.75) is 6.04 Å². The number of rotatable bonds is 4. The summed E-state index contributed by atoms with van der Waals surface area (Å²) in [5, 5.41) is 8.72. The zero-order chi connectivity index (χ0) is 10.6. The van der Waals surface area contributed by atoms with Crippen LogP contribution in [0.5, 0.6) is 0 Å². The second-order valence-electron chi connectivity index (χ2n) is 2.84. The van der Waals surface area contributed by atoms with E-state index in [0.29, 0.717) is 12.3 Å². The Morgan fingerprint density at radius 1 is 1.79 bits per heavy atom. The van der Waals surface area contributed by atoms with Crippen LogP contribution in [0.3, 0.4) is 0 Å². The van der Waals surface area contributed by atoms with Crippen LogP contribution in [0.25, 0.3) is 0 Å². The van der Waals surface area contributed by atoms with Crippen molar-refractivity contribution >= 4 is 5.97 Å². The fraction of sp³-hybridized carbons (Fsp3) is 0.333. The first-order chi connectivity index (χ1) is 6.65. The van der Waals surface area contributed by atoms with Gasteiger partial charge in [-0.05, 0) is 12.1 Å². The number of pyridine rings is 1. The van der Waals surface area contributed by atoms with Gasteiger partial charge in [0.2, 0.25) is 0 Å². The highest BCUT2D eigenvalue weighted by atomic mass is 16.5. The van der Waals surface area contributed by atoms with Crippen LogP contribution in [-0.2, 0) is 4.74 Å². The smallest absolute Gasteiger partial charge is 0.335 e. The summed E-state index contributed by atoms with van der Waals surface area (Å²) in [7, 11) is 1.53. The highest BCUT2D eigenvalue weighted by molar-refractivity contribution is 5.87. The van der Waals surface area contributed by atoms with E-state index < -0.39 is 5.97 Å². The minimum Gasteiger partial charge on any atom is -0.478 e. The van der Waals surface area contributed by atoms with E-state index in [-0.39, 0.29) is 11.6 Å². The first kappa shape index (κ1) is 10.6. The summed E-state index contributed by atoms with van der Waals surface area (Å²) in [5.41, 5.74) is 6.40. The average Bonchev–Trinajstić information content (AvgIpc) is 2.18. The molecule has 5 nitrogen and oxygen atoms in total. The molecule has 1 rings (SSSR count). The second kappa shape index (κ2) is 4.69. The van der Waals surface area contributed by atoms with Crippen molar-refractivity contribution in [3.05, 3.63) is 29.6 Å². The van der Waals surface area contributed by atoms with Crippen LogP contribution in [0.2, 0.25) is 0 Å². The van der Waals surface area contributed by atoms with Crippen LogP contribution < -0.4 is 5.73 Å². The van der Waals surface area contributed by atoms with Crippen LogP contribution in [0.15, 0.2) is 18.3 Å². The fourth-order valence-electron chi connectivity index (χ4n) is 1.05. The molecule has 5 heteroatoms. The summed E-state index contributed by atoms with van der Waals surface area (Å²) < 4.78 is 4.85. The summed E-state index contributed by atoms with van der Waals surface area (Å²) in [4.78, 5) is 14.6. The lowest BCUT2D eigenvalue weighted by Gasteiger charge is -2.09. The number of carboxylic acid groups (broad SMARTS) is 1. The maximum Gasteiger partial charge on any atom is 0.335 e. The maximum atomic E-state index is 10.6. The largest absolute Gasteiger partial charge is 0.478 e. The lowest BCUT2D eigenvalue weighted by Crippen LogP contribution is -2.18. The van der Waals surface area contributed by atoms with Crippen molar-refractivity contribution in [3.63, 3.8) is 0 Å². The number of carbonyl (C=O) groups is 1. The van der Waals surface area contributed by atoms with Gasteiger partial charge in [0.05, 0.1) is 23.9 Å². The number of hydrogen-bond acceptors (Lipinski definition) is 4. The predicted octanol–water partition coefficient (Wildman–Crippen LogP) is 0.426. The van der Waals surface area contributed by atoms with Crippen LogP contribution in [0.1, 0.15) is 22.1 Å². The number of aromatic carboxylic acids is 1. The summed E-state index contributed by atoms with van der Waals surface area (Å²) >= 11 is 0. The Morgan fingerprint density at radius 2 is 2.50 bits per heavy atom. The van der Waals surface area contributed by atoms with Crippen molar-refractivity contribution in [1.29, 1.82) is 0 Å². The highest BCUT2D eigenvalue weighted by Gasteiger charge is 2.10. The monoisotopic (exact) mass is 196 g/mol. The SMILES string of the molecule is COCC(N)c1cc(C(=O)O)ccn1. The van der Waals surface area contributed by atoms with Crippen LogP contribution in [0, 0.1) is 0 Å². The van der Waals surface area contributed by atoms with Crippen molar-refractivity contribution in [2.24, 2.45) is 5.73 Å². The number of ether oxygens (including phenoxy) is 1. The summed E-state index contributed by atoms with van der Waals surface area (Å²) in [6.45, 7) is 0.316. The molecular weight excluding hydrogens is 184 g/mol. The molecule has 14 heavy (non-hydrogen) atoms. The molecule has 0 aromatic carbocycles. The van der Waals surface area contributed by atoms with Gasteiger partial charge in [0.15, 0.2) is 0 Å². The standard InChI is InChI=1S/C9H12N2O3/c1-14-5-7(10)8-4-6(9(12)13)2-3-11-8/h2-4,7H,5,10H2,1H3,(H,12,13). The number of nitrogens with two attached hydrogens (primary N) is 1. The molecule has 0 amide bonds. The normalized spacial score (nSPS) is 12.4. The first-order valence-electron chi connectivity index (χ1n) is 4.09. The third-order valence-corrected chi connectivity index (χ3v) is 1.75. The summed E-state index contributed by atoms with van der Waals surface area (Å²) in [6.07, 6.45) is 1.42. The predicted molar refractivity (Wildman–Crippen MR) is 50.0 cm³/mol. The Kier molecular flexibility index (Phi) is 3.55. The van der Waals surface area contributed by atoms with E-state index in [9.17, 15) is 4.79 Å². The second-order valence-corrected chi connectivity index (χ2v) is 2.84. The molecular formula is C9H12N2O3. The highest BCUT2D eigenvalue weighted by Crippen LogP contribution is 2.09. The molecule has 76 valence electrons. The number of hydrogen-bond donors (Lipinski definition) is 2. The Bertz CT molecular complexity index is 328. The van der Waals surface area contributed by atoms with Gasteiger partial charge in [-0.25, -0.2) is 4.79 Å². The van der Waals surface area contributed by atoms with Crippen LogP contribution in [-0.4, -0.2) is 29.8 Å². The van der Waals surface area contributed by atoms with Gasteiger partial charge < -0.3 is 15.6 Å². The molecule has 0 aliphatic rings. The molecule has 0 radical (unpaired) electrons. The third-order valence-electron chi connectivity index (χ3n) is 1.75. The van der Waals surface area contributed by atoms with Gasteiger partial charge in [-0.2, -0.15) is 0 Å². The lowest BCUT2D eigenvalue weighted by atomic mass is 10.1. The summed E-state index contributed by atoms with van der Waals surface area (Å²) in [5.74, 6) is -0.988. The van der Waals surface area contributed by atoms with Gasteiger partial charge in [-0.15, -0.1) is 0 Å². The van der Waals surface area contributed by atoms with Gasteiger partial charge in [0.1, 0.15) is 0 Å². The molecule has 1 atom stereocenters. The minimum atomic E-state index is -0.988. The molecule has 0 saturated carbocycles. The molecule has 0 saturated heterocycles. The van der Waals surface area contributed by atoms with Crippen molar-refractivity contribution in [3.8, 4) is 0 Å². The van der Waals surface area contributed by atoms with E-state index in [1.165, 1.54) is 25.4 Å². The average molecular weight is 196 g/mol. The van der Waals surface area contributed by atoms with Crippen LogP contribution in [0.4, 0.5) is 0 Å². The van der Waals surface area contributed by atoms with Gasteiger partial charge in [-0.3, -0.25) is 4.98 Å². The molecule has 0 fully saturated rings. The Balaban J connectivity index is 2.87. The Morgan fingerprint density at radius 3 is 3.07 bits per heavy atom. The van der Waals surface area contributed by atoms with E-state index >= 15 is 0 Å².